The van der Waals surface area contributed by atoms with Crippen LogP contribution in [0.1, 0.15) is 45.7 Å². The molecule has 5 rings (SSSR count). The molecule has 2 aromatic carbocycles. The fourth-order valence-electron chi connectivity index (χ4n) is 4.93. The maximum atomic E-state index is 13.5. The van der Waals surface area contributed by atoms with E-state index in [-0.39, 0.29) is 5.91 Å². The summed E-state index contributed by atoms with van der Waals surface area (Å²) in [5.41, 5.74) is 6.66. The highest BCUT2D eigenvalue weighted by Gasteiger charge is 2.30. The Hall–Kier alpha value is -2.92. The van der Waals surface area contributed by atoms with E-state index in [1.807, 2.05) is 21.7 Å². The van der Waals surface area contributed by atoms with Crippen molar-refractivity contribution in [3.8, 4) is 5.69 Å². The summed E-state index contributed by atoms with van der Waals surface area (Å²) in [6.07, 6.45) is 4.05. The first kappa shape index (κ1) is 20.0. The number of carbonyl (C=O) groups is 1. The third-order valence-corrected chi connectivity index (χ3v) is 6.60. The molecule has 0 spiro atoms. The molecule has 0 N–H and O–H groups in total. The predicted octanol–water partition coefficient (Wildman–Crippen LogP) is 4.02. The normalized spacial score (nSPS) is 16.9. The first-order valence-corrected chi connectivity index (χ1v) is 11.4. The highest BCUT2D eigenvalue weighted by atomic mass is 16.2. The van der Waals surface area contributed by atoms with Gasteiger partial charge in [0, 0.05) is 44.0 Å². The van der Waals surface area contributed by atoms with Crippen LogP contribution in [0.25, 0.3) is 5.69 Å². The van der Waals surface area contributed by atoms with Gasteiger partial charge in [-0.05, 0) is 49.8 Å². The molecule has 0 unspecified atom stereocenters. The van der Waals surface area contributed by atoms with Crippen molar-refractivity contribution in [3.63, 3.8) is 0 Å². The van der Waals surface area contributed by atoms with Gasteiger partial charge in [0.2, 0.25) is 0 Å². The van der Waals surface area contributed by atoms with Crippen LogP contribution in [-0.4, -0.2) is 51.7 Å². The SMILES string of the molecule is Cc1ccccc1-n1nc(C(=O)N2CCCN(Cc3ccccc3)CC2)c2c1CCC2. The average Bonchev–Trinajstić information content (AvgIpc) is 3.32. The Bertz CT molecular complexity index is 1070. The van der Waals surface area contributed by atoms with Crippen LogP contribution in [0.2, 0.25) is 0 Å². The summed E-state index contributed by atoms with van der Waals surface area (Å²) in [7, 11) is 0. The third-order valence-electron chi connectivity index (χ3n) is 6.60. The summed E-state index contributed by atoms with van der Waals surface area (Å²) in [5.74, 6) is 0.104. The molecule has 1 saturated heterocycles. The molecule has 2 heterocycles. The van der Waals surface area contributed by atoms with E-state index in [9.17, 15) is 4.79 Å². The van der Waals surface area contributed by atoms with Crippen molar-refractivity contribution in [2.24, 2.45) is 0 Å². The summed E-state index contributed by atoms with van der Waals surface area (Å²) in [6.45, 7) is 6.54. The molecule has 1 aromatic heterocycles. The number of rotatable bonds is 4. The van der Waals surface area contributed by atoms with Gasteiger partial charge in [0.1, 0.15) is 0 Å². The minimum absolute atomic E-state index is 0.104. The van der Waals surface area contributed by atoms with Crippen molar-refractivity contribution in [2.75, 3.05) is 26.2 Å². The molecular weight excluding hydrogens is 384 g/mol. The molecule has 3 aromatic rings. The molecular formula is C26H30N4O. The van der Waals surface area contributed by atoms with Crippen molar-refractivity contribution >= 4 is 5.91 Å². The van der Waals surface area contributed by atoms with Crippen molar-refractivity contribution in [3.05, 3.63) is 82.7 Å². The van der Waals surface area contributed by atoms with Crippen molar-refractivity contribution in [1.82, 2.24) is 19.6 Å². The summed E-state index contributed by atoms with van der Waals surface area (Å²) in [4.78, 5) is 18.0. The lowest BCUT2D eigenvalue weighted by Crippen LogP contribution is -2.35. The second kappa shape index (κ2) is 8.67. The van der Waals surface area contributed by atoms with Crippen LogP contribution < -0.4 is 0 Å². The van der Waals surface area contributed by atoms with Crippen LogP contribution in [0, 0.1) is 6.92 Å². The van der Waals surface area contributed by atoms with Gasteiger partial charge >= 0.3 is 0 Å². The zero-order valence-corrected chi connectivity index (χ0v) is 18.3. The molecule has 1 fully saturated rings. The molecule has 0 saturated carbocycles. The minimum Gasteiger partial charge on any atom is -0.336 e. The van der Waals surface area contributed by atoms with Crippen LogP contribution in [0.5, 0.6) is 0 Å². The van der Waals surface area contributed by atoms with Crippen LogP contribution in [-0.2, 0) is 19.4 Å². The van der Waals surface area contributed by atoms with Gasteiger partial charge in [-0.1, -0.05) is 48.5 Å². The van der Waals surface area contributed by atoms with Crippen LogP contribution in [0.15, 0.2) is 54.6 Å². The Kier molecular flexibility index (Phi) is 5.60. The second-order valence-corrected chi connectivity index (χ2v) is 8.73. The minimum atomic E-state index is 0.104. The van der Waals surface area contributed by atoms with E-state index in [0.29, 0.717) is 5.69 Å². The molecule has 0 radical (unpaired) electrons. The van der Waals surface area contributed by atoms with E-state index >= 15 is 0 Å². The lowest BCUT2D eigenvalue weighted by molar-refractivity contribution is 0.0753. The van der Waals surface area contributed by atoms with Gasteiger partial charge in [0.25, 0.3) is 5.91 Å². The summed E-state index contributed by atoms with van der Waals surface area (Å²) in [6, 6.07) is 18.9. The lowest BCUT2D eigenvalue weighted by atomic mass is 10.1. The van der Waals surface area contributed by atoms with Gasteiger partial charge in [0.15, 0.2) is 5.69 Å². The highest BCUT2D eigenvalue weighted by molar-refractivity contribution is 5.94. The lowest BCUT2D eigenvalue weighted by Gasteiger charge is -2.21. The first-order valence-electron chi connectivity index (χ1n) is 11.4. The molecule has 5 nitrogen and oxygen atoms in total. The molecule has 0 atom stereocenters. The standard InChI is InChI=1S/C26H30N4O/c1-20-9-5-6-13-23(20)30-24-14-7-12-22(24)25(27-30)26(31)29-16-8-15-28(17-18-29)19-21-10-3-2-4-11-21/h2-6,9-11,13H,7-8,12,14-19H2,1H3. The van der Waals surface area contributed by atoms with E-state index in [1.54, 1.807) is 0 Å². The van der Waals surface area contributed by atoms with Crippen molar-refractivity contribution in [2.45, 2.75) is 39.2 Å². The smallest absolute Gasteiger partial charge is 0.274 e. The van der Waals surface area contributed by atoms with E-state index in [4.69, 9.17) is 5.10 Å². The maximum absolute atomic E-state index is 13.5. The largest absolute Gasteiger partial charge is 0.336 e. The van der Waals surface area contributed by atoms with Crippen LogP contribution in [0.3, 0.4) is 0 Å². The number of hydrogen-bond donors (Lipinski definition) is 0. The Morgan fingerprint density at radius 1 is 0.903 bits per heavy atom. The van der Waals surface area contributed by atoms with Crippen molar-refractivity contribution in [1.29, 1.82) is 0 Å². The van der Waals surface area contributed by atoms with Crippen LogP contribution in [0.4, 0.5) is 0 Å². The fraction of sp³-hybridized carbons (Fsp3) is 0.385. The second-order valence-electron chi connectivity index (χ2n) is 8.73. The molecule has 31 heavy (non-hydrogen) atoms. The number of aryl methyl sites for hydroxylation is 1. The number of carbonyl (C=O) groups excluding carboxylic acids is 1. The molecule has 1 amide bonds. The quantitative estimate of drug-likeness (QED) is 0.648. The molecule has 0 bridgehead atoms. The van der Waals surface area contributed by atoms with Gasteiger partial charge in [-0.2, -0.15) is 5.10 Å². The van der Waals surface area contributed by atoms with E-state index in [1.165, 1.54) is 22.4 Å². The summed E-state index contributed by atoms with van der Waals surface area (Å²) < 4.78 is 2.03. The fourth-order valence-corrected chi connectivity index (χ4v) is 4.93. The highest BCUT2D eigenvalue weighted by Crippen LogP contribution is 2.29. The Morgan fingerprint density at radius 2 is 1.71 bits per heavy atom. The third kappa shape index (κ3) is 4.02. The number of fused-ring (bicyclic) bond motifs is 1. The molecule has 1 aliphatic carbocycles. The van der Waals surface area contributed by atoms with E-state index < -0.39 is 0 Å². The van der Waals surface area contributed by atoms with Gasteiger partial charge in [-0.25, -0.2) is 4.68 Å². The molecule has 5 heteroatoms. The van der Waals surface area contributed by atoms with E-state index in [0.717, 1.165) is 64.1 Å². The number of aromatic nitrogens is 2. The Balaban J connectivity index is 1.35. The van der Waals surface area contributed by atoms with E-state index in [2.05, 4.69) is 54.3 Å². The number of amides is 1. The topological polar surface area (TPSA) is 41.4 Å². The number of para-hydroxylation sites is 1. The number of nitrogens with zero attached hydrogens (tertiary/aromatic N) is 4. The van der Waals surface area contributed by atoms with Gasteiger partial charge in [-0.3, -0.25) is 9.69 Å². The predicted molar refractivity (Wildman–Crippen MR) is 123 cm³/mol. The van der Waals surface area contributed by atoms with Crippen LogP contribution >= 0.6 is 0 Å². The Morgan fingerprint density at radius 3 is 2.55 bits per heavy atom. The Labute approximate surface area is 184 Å². The zero-order valence-electron chi connectivity index (χ0n) is 18.3. The number of benzene rings is 2. The summed E-state index contributed by atoms with van der Waals surface area (Å²) in [5, 5.41) is 4.87. The molecule has 1 aliphatic heterocycles. The van der Waals surface area contributed by atoms with Gasteiger partial charge in [-0.15, -0.1) is 0 Å². The van der Waals surface area contributed by atoms with Crippen molar-refractivity contribution < 1.29 is 4.79 Å². The average molecular weight is 415 g/mol. The summed E-state index contributed by atoms with van der Waals surface area (Å²) >= 11 is 0. The number of hydrogen-bond acceptors (Lipinski definition) is 3. The van der Waals surface area contributed by atoms with Gasteiger partial charge < -0.3 is 4.90 Å². The van der Waals surface area contributed by atoms with Gasteiger partial charge in [0.05, 0.1) is 5.69 Å². The monoisotopic (exact) mass is 414 g/mol. The molecule has 160 valence electrons. The molecule has 2 aliphatic rings. The zero-order chi connectivity index (χ0) is 21.2. The first-order chi connectivity index (χ1) is 15.2. The maximum Gasteiger partial charge on any atom is 0.274 e.